The van der Waals surface area contributed by atoms with Gasteiger partial charge in [0, 0.05) is 30.5 Å². The van der Waals surface area contributed by atoms with Crippen molar-refractivity contribution in [2.24, 2.45) is 7.05 Å². The molecule has 3 N–H and O–H groups in total. The number of nitrogens with zero attached hydrogens (tertiary/aromatic N) is 2. The van der Waals surface area contributed by atoms with Gasteiger partial charge in [-0.2, -0.15) is 5.26 Å². The summed E-state index contributed by atoms with van der Waals surface area (Å²) in [5.41, 5.74) is 1.12. The van der Waals surface area contributed by atoms with Crippen molar-refractivity contribution >= 4 is 22.6 Å². The number of rotatable bonds is 3. The van der Waals surface area contributed by atoms with E-state index in [4.69, 9.17) is 5.26 Å². The Labute approximate surface area is 165 Å². The van der Waals surface area contributed by atoms with Crippen LogP contribution in [0.1, 0.15) is 28.0 Å². The number of nitrogens with one attached hydrogen (secondary N) is 2. The van der Waals surface area contributed by atoms with Crippen molar-refractivity contribution in [3.05, 3.63) is 60.2 Å². The number of aliphatic hydroxyl groups excluding tert-OH is 1. The smallest absolute Gasteiger partial charge is 0.272 e. The maximum absolute atomic E-state index is 13.4. The Hall–Kier alpha value is -2.80. The highest BCUT2D eigenvalue weighted by molar-refractivity contribution is 7.83. The Morgan fingerprint density at radius 2 is 2.25 bits per heavy atom. The molecule has 9 heteroatoms. The average Bonchev–Trinajstić information content (AvgIpc) is 2.96. The standard InChI is InChI=1S/C17H17FN4O3S.C2H4/c1-22-8-15-13(4-2-12(9-23)21-26(15)25)16(22)17(24)20-11-3-5-14(18)10(6-11)7-19;1-2/h3,5-6,8,12,21,23H,2,4,9H2,1H3,(H,20,24);1-2H2. The zero-order valence-electron chi connectivity index (χ0n) is 15.4. The third-order valence-corrected chi connectivity index (χ3v) is 5.54. The summed E-state index contributed by atoms with van der Waals surface area (Å²) in [4.78, 5) is 13.3. The first-order valence-corrected chi connectivity index (χ1v) is 9.57. The second-order valence-electron chi connectivity index (χ2n) is 6.00. The zero-order chi connectivity index (χ0) is 20.8. The predicted octanol–water partition coefficient (Wildman–Crippen LogP) is 2.01. The molecule has 0 bridgehead atoms. The van der Waals surface area contributed by atoms with Gasteiger partial charge < -0.3 is 15.0 Å². The molecule has 0 spiro atoms. The number of carbonyl (C=O) groups excluding carboxylic acids is 1. The summed E-state index contributed by atoms with van der Waals surface area (Å²) >= 11 is 0. The van der Waals surface area contributed by atoms with Crippen molar-refractivity contribution < 1.29 is 18.5 Å². The van der Waals surface area contributed by atoms with Crippen LogP contribution in [-0.2, 0) is 24.5 Å². The van der Waals surface area contributed by atoms with Gasteiger partial charge in [0.15, 0.2) is 0 Å². The van der Waals surface area contributed by atoms with Crippen LogP contribution in [-0.4, -0.2) is 32.4 Å². The number of aromatic nitrogens is 1. The maximum atomic E-state index is 13.4. The molecule has 1 amide bonds. The zero-order valence-corrected chi connectivity index (χ0v) is 16.2. The second-order valence-corrected chi connectivity index (χ2v) is 7.21. The molecule has 7 nitrogen and oxygen atoms in total. The topological polar surface area (TPSA) is 107 Å². The number of anilines is 1. The number of aryl methyl sites for hydroxylation is 1. The monoisotopic (exact) mass is 404 g/mol. The summed E-state index contributed by atoms with van der Waals surface area (Å²) in [7, 11) is 0.150. The van der Waals surface area contributed by atoms with Gasteiger partial charge in [-0.05, 0) is 31.0 Å². The second kappa shape index (κ2) is 9.41. The largest absolute Gasteiger partial charge is 0.395 e. The van der Waals surface area contributed by atoms with Crippen molar-refractivity contribution in [1.29, 1.82) is 5.26 Å². The number of hydrogen-bond acceptors (Lipinski definition) is 4. The molecule has 2 unspecified atom stereocenters. The van der Waals surface area contributed by atoms with E-state index in [0.29, 0.717) is 34.7 Å². The van der Waals surface area contributed by atoms with Crippen LogP contribution in [0.5, 0.6) is 0 Å². The minimum absolute atomic E-state index is 0.143. The molecule has 0 saturated heterocycles. The number of benzene rings is 1. The summed E-state index contributed by atoms with van der Waals surface area (Å²) < 4.78 is 30.3. The number of amides is 1. The Balaban J connectivity index is 0.00000136. The van der Waals surface area contributed by atoms with Crippen molar-refractivity contribution in [3.63, 3.8) is 0 Å². The lowest BCUT2D eigenvalue weighted by Crippen LogP contribution is -2.32. The van der Waals surface area contributed by atoms with Crippen molar-refractivity contribution in [2.75, 3.05) is 11.9 Å². The van der Waals surface area contributed by atoms with E-state index in [1.165, 1.54) is 12.1 Å². The summed E-state index contributed by atoms with van der Waals surface area (Å²) in [6.45, 7) is 5.86. The first-order chi connectivity index (χ1) is 13.4. The quantitative estimate of drug-likeness (QED) is 0.680. The lowest BCUT2D eigenvalue weighted by molar-refractivity contribution is 0.101. The van der Waals surface area contributed by atoms with Crippen LogP contribution in [0.15, 0.2) is 42.4 Å². The molecule has 2 atom stereocenters. The first kappa shape index (κ1) is 21.5. The molecule has 0 aliphatic carbocycles. The molecule has 28 heavy (non-hydrogen) atoms. The van der Waals surface area contributed by atoms with Crippen LogP contribution in [0.3, 0.4) is 0 Å². The van der Waals surface area contributed by atoms with Crippen LogP contribution in [0.4, 0.5) is 10.1 Å². The summed E-state index contributed by atoms with van der Waals surface area (Å²) in [5.74, 6) is -1.10. The van der Waals surface area contributed by atoms with Gasteiger partial charge in [-0.1, -0.05) is 0 Å². The van der Waals surface area contributed by atoms with E-state index < -0.39 is 22.7 Å². The highest BCUT2D eigenvalue weighted by atomic mass is 32.2. The van der Waals surface area contributed by atoms with Gasteiger partial charge in [-0.25, -0.2) is 13.3 Å². The third-order valence-electron chi connectivity index (χ3n) is 4.24. The number of aliphatic hydroxyl groups is 1. The van der Waals surface area contributed by atoms with E-state index >= 15 is 0 Å². The summed E-state index contributed by atoms with van der Waals surface area (Å²) in [6, 6.07) is 5.17. The molecule has 148 valence electrons. The highest BCUT2D eigenvalue weighted by Crippen LogP contribution is 2.26. The van der Waals surface area contributed by atoms with Gasteiger partial charge in [0.1, 0.15) is 28.6 Å². The van der Waals surface area contributed by atoms with E-state index in [9.17, 15) is 18.5 Å². The van der Waals surface area contributed by atoms with Crippen LogP contribution >= 0.6 is 0 Å². The molecule has 1 aromatic carbocycles. The fourth-order valence-electron chi connectivity index (χ4n) is 2.95. The molecule has 1 aromatic heterocycles. The molecule has 1 aliphatic heterocycles. The summed E-state index contributed by atoms with van der Waals surface area (Å²) in [6.07, 6.45) is 2.64. The average molecular weight is 404 g/mol. The van der Waals surface area contributed by atoms with E-state index in [1.54, 1.807) is 23.9 Å². The molecule has 2 heterocycles. The van der Waals surface area contributed by atoms with Gasteiger partial charge in [-0.3, -0.25) is 4.79 Å². The fourth-order valence-corrected chi connectivity index (χ4v) is 4.24. The van der Waals surface area contributed by atoms with Crippen LogP contribution < -0.4 is 10.0 Å². The summed E-state index contributed by atoms with van der Waals surface area (Å²) in [5, 5.41) is 20.9. The van der Waals surface area contributed by atoms with E-state index in [2.05, 4.69) is 23.2 Å². The first-order valence-electron chi connectivity index (χ1n) is 8.42. The van der Waals surface area contributed by atoms with E-state index in [-0.39, 0.29) is 18.2 Å². The van der Waals surface area contributed by atoms with Crippen molar-refractivity contribution in [2.45, 2.75) is 23.8 Å². The Bertz CT molecular complexity index is 951. The number of hydrogen-bond donors (Lipinski definition) is 3. The minimum atomic E-state index is -1.53. The normalized spacial score (nSPS) is 18.1. The highest BCUT2D eigenvalue weighted by Gasteiger charge is 2.28. The van der Waals surface area contributed by atoms with Crippen LogP contribution in [0.25, 0.3) is 0 Å². The van der Waals surface area contributed by atoms with E-state index in [0.717, 1.165) is 6.07 Å². The number of fused-ring (bicyclic) bond motifs is 1. The van der Waals surface area contributed by atoms with Gasteiger partial charge in [-0.15, -0.1) is 13.2 Å². The third kappa shape index (κ3) is 4.36. The van der Waals surface area contributed by atoms with Gasteiger partial charge in [0.05, 0.1) is 17.1 Å². The number of halogens is 1. The Kier molecular flexibility index (Phi) is 7.23. The van der Waals surface area contributed by atoms with Gasteiger partial charge >= 0.3 is 0 Å². The lowest BCUT2D eigenvalue weighted by Gasteiger charge is -2.12. The molecule has 0 saturated carbocycles. The van der Waals surface area contributed by atoms with Gasteiger partial charge in [0.2, 0.25) is 0 Å². The predicted molar refractivity (Wildman–Crippen MR) is 104 cm³/mol. The number of carbonyl (C=O) groups is 1. The van der Waals surface area contributed by atoms with Crippen LogP contribution in [0.2, 0.25) is 0 Å². The molecule has 1 aliphatic rings. The maximum Gasteiger partial charge on any atom is 0.272 e. The molecular weight excluding hydrogens is 383 g/mol. The molecule has 0 fully saturated rings. The van der Waals surface area contributed by atoms with Gasteiger partial charge in [0.25, 0.3) is 5.91 Å². The molecule has 2 aromatic rings. The molecular formula is C19H21FN4O3S. The molecule has 0 radical (unpaired) electrons. The van der Waals surface area contributed by atoms with Crippen molar-refractivity contribution in [3.8, 4) is 6.07 Å². The minimum Gasteiger partial charge on any atom is -0.395 e. The number of nitriles is 1. The molecule has 3 rings (SSSR count). The van der Waals surface area contributed by atoms with Crippen molar-refractivity contribution in [1.82, 2.24) is 9.29 Å². The SMILES string of the molecule is C=C.Cn1cc2c(c1C(=O)Nc1ccc(F)c(C#N)c1)CCC(CO)NS2=O. The Morgan fingerprint density at radius 1 is 1.54 bits per heavy atom. The lowest BCUT2D eigenvalue weighted by atomic mass is 10.1. The fraction of sp³-hybridized carbons (Fsp3) is 0.263. The Morgan fingerprint density at radius 3 is 2.89 bits per heavy atom. The van der Waals surface area contributed by atoms with Crippen LogP contribution in [0, 0.1) is 17.1 Å². The van der Waals surface area contributed by atoms with E-state index in [1.807, 2.05) is 0 Å².